The summed E-state index contributed by atoms with van der Waals surface area (Å²) in [6.45, 7) is 0.951. The van der Waals surface area contributed by atoms with Crippen molar-refractivity contribution in [3.63, 3.8) is 0 Å². The quantitative estimate of drug-likeness (QED) is 0.729. The second-order valence-electron chi connectivity index (χ2n) is 6.50. The minimum absolute atomic E-state index is 0.409. The van der Waals surface area contributed by atoms with Gasteiger partial charge < -0.3 is 10.2 Å². The van der Waals surface area contributed by atoms with Crippen LogP contribution in [0.2, 0.25) is 0 Å². The zero-order chi connectivity index (χ0) is 13.8. The Labute approximate surface area is 126 Å². The van der Waals surface area contributed by atoms with Crippen molar-refractivity contribution in [2.24, 2.45) is 5.92 Å². The highest BCUT2D eigenvalue weighted by atomic mass is 15.2. The zero-order valence-electron chi connectivity index (χ0n) is 12.2. The van der Waals surface area contributed by atoms with Crippen LogP contribution >= 0.6 is 0 Å². The molecule has 2 radical (unpaired) electrons. The first-order valence-corrected chi connectivity index (χ1v) is 8.18. The number of nitrogens with zero attached hydrogens (tertiary/aromatic N) is 1. The van der Waals surface area contributed by atoms with Gasteiger partial charge in [0.25, 0.3) is 0 Å². The van der Waals surface area contributed by atoms with E-state index < -0.39 is 0 Å². The largest absolute Gasteiger partial charge is 0.387 e. The van der Waals surface area contributed by atoms with Crippen LogP contribution in [0.5, 0.6) is 0 Å². The summed E-state index contributed by atoms with van der Waals surface area (Å²) >= 11 is 0. The molecule has 2 nitrogen and oxygen atoms in total. The van der Waals surface area contributed by atoms with Crippen molar-refractivity contribution >= 4 is 0 Å². The van der Waals surface area contributed by atoms with Gasteiger partial charge in [0.1, 0.15) is 0 Å². The van der Waals surface area contributed by atoms with Crippen LogP contribution in [0, 0.1) is 12.3 Å². The van der Waals surface area contributed by atoms with E-state index in [1.165, 1.54) is 36.1 Å². The Bertz CT molecular complexity index is 644. The second-order valence-corrected chi connectivity index (χ2v) is 6.50. The maximum Gasteiger partial charge on any atom is 0.0588 e. The summed E-state index contributed by atoms with van der Waals surface area (Å²) in [5.74, 6) is 0.409. The number of fused-ring (bicyclic) bond motifs is 5. The smallest absolute Gasteiger partial charge is 0.0588 e. The Kier molecular flexibility index (Phi) is 2.49. The molecule has 0 bridgehead atoms. The predicted octanol–water partition coefficient (Wildman–Crippen LogP) is 3.47. The molecule has 0 saturated carbocycles. The Morgan fingerprint density at radius 1 is 1.29 bits per heavy atom. The highest BCUT2D eigenvalue weighted by molar-refractivity contribution is 5.55. The Morgan fingerprint density at radius 2 is 2.29 bits per heavy atom. The van der Waals surface area contributed by atoms with Gasteiger partial charge in [0, 0.05) is 35.6 Å². The number of allylic oxidation sites excluding steroid dienone is 5. The molecule has 2 unspecified atom stereocenters. The molecule has 0 aromatic rings. The molecule has 106 valence electrons. The molecular formula is C19H20N2. The third-order valence-corrected chi connectivity index (χ3v) is 5.41. The van der Waals surface area contributed by atoms with E-state index in [1.54, 1.807) is 11.3 Å². The van der Waals surface area contributed by atoms with Crippen LogP contribution in [0.4, 0.5) is 0 Å². The topological polar surface area (TPSA) is 15.3 Å². The predicted molar refractivity (Wildman–Crippen MR) is 83.9 cm³/mol. The molecule has 0 aromatic heterocycles. The van der Waals surface area contributed by atoms with E-state index in [4.69, 9.17) is 0 Å². The molecule has 2 atom stereocenters. The first-order chi connectivity index (χ1) is 10.4. The fourth-order valence-electron chi connectivity index (χ4n) is 4.49. The van der Waals surface area contributed by atoms with E-state index in [-0.39, 0.29) is 0 Å². The molecule has 0 amide bonds. The molecule has 0 spiro atoms. The van der Waals surface area contributed by atoms with E-state index in [9.17, 15) is 0 Å². The lowest BCUT2D eigenvalue weighted by Crippen LogP contribution is -2.34. The maximum atomic E-state index is 3.74. The normalized spacial score (nSPS) is 33.1. The van der Waals surface area contributed by atoms with Crippen LogP contribution in [0.25, 0.3) is 0 Å². The third kappa shape index (κ3) is 1.59. The number of dihydropyridines is 1. The van der Waals surface area contributed by atoms with E-state index in [0.29, 0.717) is 12.0 Å². The molecule has 1 N–H and O–H groups in total. The van der Waals surface area contributed by atoms with E-state index >= 15 is 0 Å². The van der Waals surface area contributed by atoms with Crippen molar-refractivity contribution in [3.8, 4) is 0 Å². The Balaban J connectivity index is 1.72. The van der Waals surface area contributed by atoms with Crippen molar-refractivity contribution in [3.05, 3.63) is 65.0 Å². The summed E-state index contributed by atoms with van der Waals surface area (Å²) in [4.78, 5) is 2.67. The fraction of sp³-hybridized carbons (Fsp3) is 0.421. The molecule has 21 heavy (non-hydrogen) atoms. The van der Waals surface area contributed by atoms with E-state index in [2.05, 4.69) is 47.1 Å². The first kappa shape index (κ1) is 11.9. The molecule has 5 rings (SSSR count). The lowest BCUT2D eigenvalue weighted by molar-refractivity contribution is 0.343. The second kappa shape index (κ2) is 4.40. The number of hydrogen-bond acceptors (Lipinski definition) is 2. The van der Waals surface area contributed by atoms with Gasteiger partial charge in [0.2, 0.25) is 0 Å². The summed E-state index contributed by atoms with van der Waals surface area (Å²) in [5.41, 5.74) is 7.63. The van der Waals surface area contributed by atoms with Crippen LogP contribution in [0.15, 0.2) is 58.6 Å². The van der Waals surface area contributed by atoms with Crippen molar-refractivity contribution in [1.82, 2.24) is 10.2 Å². The summed E-state index contributed by atoms with van der Waals surface area (Å²) in [5, 5.41) is 3.40. The summed E-state index contributed by atoms with van der Waals surface area (Å²) < 4.78 is 0. The van der Waals surface area contributed by atoms with Gasteiger partial charge in [-0.2, -0.15) is 0 Å². The van der Waals surface area contributed by atoms with Gasteiger partial charge in [-0.3, -0.25) is 0 Å². The minimum atomic E-state index is 0.409. The molecule has 2 aliphatic carbocycles. The van der Waals surface area contributed by atoms with Gasteiger partial charge in [0.05, 0.1) is 6.04 Å². The first-order valence-electron chi connectivity index (χ1n) is 8.18. The fourth-order valence-corrected chi connectivity index (χ4v) is 4.49. The Morgan fingerprint density at radius 3 is 3.29 bits per heavy atom. The van der Waals surface area contributed by atoms with E-state index in [0.717, 1.165) is 19.4 Å². The third-order valence-electron chi connectivity index (χ3n) is 5.41. The van der Waals surface area contributed by atoms with Crippen molar-refractivity contribution < 1.29 is 0 Å². The van der Waals surface area contributed by atoms with Gasteiger partial charge in [-0.05, 0) is 55.7 Å². The SMILES string of the molecule is [C]1CCC2=C3C1C1=CNCC=C1N3C1CCC=CC1=CC2. The van der Waals surface area contributed by atoms with Crippen LogP contribution in [0.3, 0.4) is 0 Å². The average Bonchev–Trinajstić information content (AvgIpc) is 2.78. The molecule has 2 heteroatoms. The summed E-state index contributed by atoms with van der Waals surface area (Å²) in [6, 6.07) is 0.542. The standard InChI is InChI=1S/C19H20N2/c1-2-7-17-13(4-1)8-9-14-5-3-6-15-16-12-20-11-10-18(16)21(17)19(14)15/h1,4,8,10,12,15,17,20H,2-3,5,7,9,11H2. The van der Waals surface area contributed by atoms with Crippen LogP contribution in [-0.2, 0) is 0 Å². The molecule has 3 heterocycles. The molecule has 1 fully saturated rings. The van der Waals surface area contributed by atoms with Gasteiger partial charge in [-0.15, -0.1) is 0 Å². The molecular weight excluding hydrogens is 256 g/mol. The maximum absolute atomic E-state index is 3.74. The van der Waals surface area contributed by atoms with Crippen LogP contribution in [0.1, 0.15) is 32.1 Å². The van der Waals surface area contributed by atoms with Gasteiger partial charge in [0.15, 0.2) is 0 Å². The van der Waals surface area contributed by atoms with Crippen molar-refractivity contribution in [1.29, 1.82) is 0 Å². The van der Waals surface area contributed by atoms with Gasteiger partial charge in [-0.25, -0.2) is 0 Å². The minimum Gasteiger partial charge on any atom is -0.387 e. The number of nitrogens with one attached hydrogen (secondary N) is 1. The van der Waals surface area contributed by atoms with Crippen molar-refractivity contribution in [2.45, 2.75) is 38.1 Å². The lowest BCUT2D eigenvalue weighted by Gasteiger charge is -2.35. The molecule has 0 aromatic carbocycles. The monoisotopic (exact) mass is 276 g/mol. The number of hydrogen-bond donors (Lipinski definition) is 1. The van der Waals surface area contributed by atoms with Crippen molar-refractivity contribution in [2.75, 3.05) is 6.54 Å². The zero-order valence-corrected chi connectivity index (χ0v) is 12.2. The van der Waals surface area contributed by atoms with Gasteiger partial charge in [-0.1, -0.05) is 18.2 Å². The molecule has 1 saturated heterocycles. The number of rotatable bonds is 0. The molecule has 5 aliphatic rings. The summed E-state index contributed by atoms with van der Waals surface area (Å²) in [6.07, 6.45) is 21.4. The average molecular weight is 276 g/mol. The Hall–Kier alpha value is -1.70. The highest BCUT2D eigenvalue weighted by Crippen LogP contribution is 2.52. The molecule has 3 aliphatic heterocycles. The van der Waals surface area contributed by atoms with Crippen LogP contribution < -0.4 is 5.32 Å². The summed E-state index contributed by atoms with van der Waals surface area (Å²) in [7, 11) is 0. The highest BCUT2D eigenvalue weighted by Gasteiger charge is 2.45. The van der Waals surface area contributed by atoms with Gasteiger partial charge >= 0.3 is 0 Å². The van der Waals surface area contributed by atoms with Crippen LogP contribution in [-0.4, -0.2) is 17.5 Å². The lowest BCUT2D eigenvalue weighted by atomic mass is 9.83. The van der Waals surface area contributed by atoms with E-state index in [1.807, 2.05) is 0 Å².